The zero-order valence-electron chi connectivity index (χ0n) is 12.7. The lowest BCUT2D eigenvalue weighted by Crippen LogP contribution is -2.30. The largest absolute Gasteiger partial charge is 0.481 e. The lowest BCUT2D eigenvalue weighted by atomic mass is 10.2. The summed E-state index contributed by atoms with van der Waals surface area (Å²) in [6, 6.07) is 11.8. The van der Waals surface area contributed by atoms with Gasteiger partial charge in [-0.05, 0) is 49.4 Å². The number of benzene rings is 2. The first-order valence-electron chi connectivity index (χ1n) is 6.91. The van der Waals surface area contributed by atoms with Crippen molar-refractivity contribution in [1.82, 2.24) is 0 Å². The molecule has 2 aromatic carbocycles. The molecule has 0 radical (unpaired) electrons. The molecule has 0 bridgehead atoms. The van der Waals surface area contributed by atoms with Crippen molar-refractivity contribution in [2.45, 2.75) is 13.0 Å². The fourth-order valence-electron chi connectivity index (χ4n) is 1.86. The Balaban J connectivity index is 2.00. The third-order valence-electron chi connectivity index (χ3n) is 3.05. The molecule has 23 heavy (non-hydrogen) atoms. The van der Waals surface area contributed by atoms with Crippen molar-refractivity contribution in [2.24, 2.45) is 0 Å². The van der Waals surface area contributed by atoms with Crippen molar-refractivity contribution in [3.8, 4) is 5.75 Å². The predicted octanol–water partition coefficient (Wildman–Crippen LogP) is 3.02. The summed E-state index contributed by atoms with van der Waals surface area (Å²) in [6.45, 7) is 1.57. The van der Waals surface area contributed by atoms with E-state index in [2.05, 4.69) is 10.1 Å². The van der Waals surface area contributed by atoms with Crippen LogP contribution >= 0.6 is 0 Å². The van der Waals surface area contributed by atoms with Gasteiger partial charge in [-0.15, -0.1) is 0 Å². The second-order valence-corrected chi connectivity index (χ2v) is 4.78. The number of rotatable bonds is 5. The molecule has 0 aromatic heterocycles. The molecular formula is C17H16FNO4. The van der Waals surface area contributed by atoms with Crippen LogP contribution in [0.2, 0.25) is 0 Å². The Morgan fingerprint density at radius 2 is 1.83 bits per heavy atom. The molecule has 0 fully saturated rings. The monoisotopic (exact) mass is 317 g/mol. The molecule has 2 rings (SSSR count). The quantitative estimate of drug-likeness (QED) is 0.861. The molecule has 0 aliphatic carbocycles. The fourth-order valence-corrected chi connectivity index (χ4v) is 1.86. The number of hydrogen-bond acceptors (Lipinski definition) is 4. The van der Waals surface area contributed by atoms with Crippen LogP contribution in [0.15, 0.2) is 48.5 Å². The van der Waals surface area contributed by atoms with Gasteiger partial charge < -0.3 is 14.8 Å². The maximum absolute atomic E-state index is 12.8. The van der Waals surface area contributed by atoms with Crippen molar-refractivity contribution < 1.29 is 23.5 Å². The Labute approximate surface area is 133 Å². The van der Waals surface area contributed by atoms with Gasteiger partial charge in [0.25, 0.3) is 5.91 Å². The Bertz CT molecular complexity index is 700. The highest BCUT2D eigenvalue weighted by Gasteiger charge is 2.15. The predicted molar refractivity (Wildman–Crippen MR) is 82.9 cm³/mol. The van der Waals surface area contributed by atoms with Crippen LogP contribution < -0.4 is 10.1 Å². The molecule has 1 amide bonds. The summed E-state index contributed by atoms with van der Waals surface area (Å²) in [5, 5.41) is 2.65. The summed E-state index contributed by atoms with van der Waals surface area (Å²) < 4.78 is 22.9. The lowest BCUT2D eigenvalue weighted by Gasteiger charge is -2.15. The molecule has 0 spiro atoms. The van der Waals surface area contributed by atoms with E-state index < -0.39 is 18.0 Å². The van der Waals surface area contributed by atoms with Gasteiger partial charge in [-0.25, -0.2) is 9.18 Å². The number of halogens is 1. The van der Waals surface area contributed by atoms with Crippen LogP contribution in [0.1, 0.15) is 17.3 Å². The Hall–Kier alpha value is -2.89. The van der Waals surface area contributed by atoms with Crippen LogP contribution in [-0.2, 0) is 9.53 Å². The van der Waals surface area contributed by atoms with Crippen LogP contribution in [0.3, 0.4) is 0 Å². The van der Waals surface area contributed by atoms with Crippen molar-refractivity contribution >= 4 is 17.6 Å². The van der Waals surface area contributed by atoms with E-state index in [1.165, 1.54) is 37.4 Å². The molecule has 120 valence electrons. The molecule has 6 heteroatoms. The first kappa shape index (κ1) is 16.5. The van der Waals surface area contributed by atoms with Crippen molar-refractivity contribution in [3.63, 3.8) is 0 Å². The molecule has 1 unspecified atom stereocenters. The van der Waals surface area contributed by atoms with Crippen molar-refractivity contribution in [1.29, 1.82) is 0 Å². The summed E-state index contributed by atoms with van der Waals surface area (Å²) in [4.78, 5) is 23.6. The second-order valence-electron chi connectivity index (χ2n) is 4.78. The number of anilines is 1. The van der Waals surface area contributed by atoms with E-state index >= 15 is 0 Å². The minimum Gasteiger partial charge on any atom is -0.481 e. The average molecular weight is 317 g/mol. The third-order valence-corrected chi connectivity index (χ3v) is 3.05. The Morgan fingerprint density at radius 1 is 1.13 bits per heavy atom. The van der Waals surface area contributed by atoms with E-state index in [-0.39, 0.29) is 5.82 Å². The third kappa shape index (κ3) is 4.54. The number of esters is 1. The van der Waals surface area contributed by atoms with E-state index in [0.717, 1.165) is 0 Å². The van der Waals surface area contributed by atoms with Gasteiger partial charge in [0, 0.05) is 5.69 Å². The maximum atomic E-state index is 12.8. The van der Waals surface area contributed by atoms with Gasteiger partial charge in [0.1, 0.15) is 11.6 Å². The molecule has 0 aliphatic heterocycles. The molecular weight excluding hydrogens is 301 g/mol. The van der Waals surface area contributed by atoms with Crippen LogP contribution in [0.25, 0.3) is 0 Å². The number of nitrogens with one attached hydrogen (secondary N) is 1. The summed E-state index contributed by atoms with van der Waals surface area (Å²) >= 11 is 0. The Kier molecular flexibility index (Phi) is 5.30. The zero-order chi connectivity index (χ0) is 16.8. The van der Waals surface area contributed by atoms with Crippen LogP contribution in [0.5, 0.6) is 5.75 Å². The normalized spacial score (nSPS) is 11.4. The van der Waals surface area contributed by atoms with Crippen molar-refractivity contribution in [2.75, 3.05) is 12.4 Å². The number of carbonyl (C=O) groups excluding carboxylic acids is 2. The summed E-state index contributed by atoms with van der Waals surface area (Å²) in [5.74, 6) is -0.875. The van der Waals surface area contributed by atoms with Gasteiger partial charge in [0.15, 0.2) is 6.10 Å². The standard InChI is InChI=1S/C17H16FNO4/c1-11(23-15-8-6-13(18)7-9-15)16(20)19-14-5-3-4-12(10-14)17(21)22-2/h3-11H,1-2H3,(H,19,20). The second kappa shape index (κ2) is 7.40. The minimum atomic E-state index is -0.790. The first-order valence-corrected chi connectivity index (χ1v) is 6.91. The summed E-state index contributed by atoms with van der Waals surface area (Å²) in [6.07, 6.45) is -0.790. The fraction of sp³-hybridized carbons (Fsp3) is 0.176. The van der Waals surface area contributed by atoms with E-state index in [0.29, 0.717) is 17.0 Å². The van der Waals surface area contributed by atoms with Gasteiger partial charge in [-0.1, -0.05) is 6.07 Å². The number of carbonyl (C=O) groups is 2. The molecule has 1 N–H and O–H groups in total. The molecule has 0 aliphatic rings. The van der Waals surface area contributed by atoms with E-state index in [9.17, 15) is 14.0 Å². The molecule has 0 saturated carbocycles. The number of amides is 1. The highest BCUT2D eigenvalue weighted by molar-refractivity contribution is 5.96. The highest BCUT2D eigenvalue weighted by Crippen LogP contribution is 2.15. The van der Waals surface area contributed by atoms with Gasteiger partial charge in [0.05, 0.1) is 12.7 Å². The maximum Gasteiger partial charge on any atom is 0.337 e. The number of hydrogen-bond donors (Lipinski definition) is 1. The SMILES string of the molecule is COC(=O)c1cccc(NC(=O)C(C)Oc2ccc(F)cc2)c1. The lowest BCUT2D eigenvalue weighted by molar-refractivity contribution is -0.122. The zero-order valence-corrected chi connectivity index (χ0v) is 12.7. The molecule has 0 saturated heterocycles. The molecule has 2 aromatic rings. The van der Waals surface area contributed by atoms with E-state index in [1.807, 2.05) is 0 Å². The molecule has 5 nitrogen and oxygen atoms in total. The summed E-state index contributed by atoms with van der Waals surface area (Å²) in [5.41, 5.74) is 0.782. The van der Waals surface area contributed by atoms with Gasteiger partial charge in [-0.3, -0.25) is 4.79 Å². The average Bonchev–Trinajstić information content (AvgIpc) is 2.56. The van der Waals surface area contributed by atoms with Gasteiger partial charge in [0.2, 0.25) is 0 Å². The van der Waals surface area contributed by atoms with Crippen molar-refractivity contribution in [3.05, 3.63) is 59.9 Å². The van der Waals surface area contributed by atoms with Gasteiger partial charge in [-0.2, -0.15) is 0 Å². The first-order chi connectivity index (χ1) is 11.0. The van der Waals surface area contributed by atoms with Crippen LogP contribution in [0, 0.1) is 5.82 Å². The molecule has 1 atom stereocenters. The van der Waals surface area contributed by atoms with E-state index in [4.69, 9.17) is 4.74 Å². The highest BCUT2D eigenvalue weighted by atomic mass is 19.1. The van der Waals surface area contributed by atoms with Crippen LogP contribution in [0.4, 0.5) is 10.1 Å². The molecule has 0 heterocycles. The Morgan fingerprint density at radius 3 is 2.48 bits per heavy atom. The van der Waals surface area contributed by atoms with E-state index in [1.54, 1.807) is 25.1 Å². The summed E-state index contributed by atoms with van der Waals surface area (Å²) in [7, 11) is 1.28. The minimum absolute atomic E-state index is 0.331. The number of ether oxygens (including phenoxy) is 2. The topological polar surface area (TPSA) is 64.6 Å². The van der Waals surface area contributed by atoms with Crippen LogP contribution in [-0.4, -0.2) is 25.1 Å². The smallest absolute Gasteiger partial charge is 0.337 e. The number of methoxy groups -OCH3 is 1. The van der Waals surface area contributed by atoms with Gasteiger partial charge >= 0.3 is 5.97 Å².